The van der Waals surface area contributed by atoms with E-state index in [-0.39, 0.29) is 0 Å². The van der Waals surface area contributed by atoms with Crippen LogP contribution in [0.25, 0.3) is 0 Å². The molecule has 2 aromatic rings. The minimum atomic E-state index is 0.566. The van der Waals surface area contributed by atoms with Gasteiger partial charge in [-0.1, -0.05) is 0 Å². The second-order valence-corrected chi connectivity index (χ2v) is 6.74. The van der Waals surface area contributed by atoms with E-state index in [0.29, 0.717) is 5.92 Å². The summed E-state index contributed by atoms with van der Waals surface area (Å²) in [6, 6.07) is 2.01. The predicted octanol–water partition coefficient (Wildman–Crippen LogP) is 3.70. The normalized spacial score (nSPS) is 14.6. The predicted molar refractivity (Wildman–Crippen MR) is 79.1 cm³/mol. The van der Waals surface area contributed by atoms with E-state index in [2.05, 4.69) is 32.6 Å². The van der Waals surface area contributed by atoms with Gasteiger partial charge in [-0.25, -0.2) is 15.0 Å². The van der Waals surface area contributed by atoms with Gasteiger partial charge >= 0.3 is 0 Å². The van der Waals surface area contributed by atoms with Crippen molar-refractivity contribution >= 4 is 28.9 Å². The van der Waals surface area contributed by atoms with Crippen molar-refractivity contribution in [2.45, 2.75) is 42.0 Å². The minimum absolute atomic E-state index is 0.566. The molecule has 2 heterocycles. The minimum Gasteiger partial charge on any atom is -0.370 e. The van der Waals surface area contributed by atoms with Crippen molar-refractivity contribution in [1.82, 2.24) is 15.0 Å². The molecule has 1 aliphatic rings. The molecule has 1 aliphatic carbocycles. The Balaban J connectivity index is 1.86. The zero-order chi connectivity index (χ0) is 13.2. The zero-order valence-corrected chi connectivity index (χ0v) is 12.6. The first-order chi connectivity index (χ1) is 9.24. The molecule has 0 aromatic carbocycles. The van der Waals surface area contributed by atoms with Gasteiger partial charge in [0.25, 0.3) is 0 Å². The molecule has 2 aromatic heterocycles. The van der Waals surface area contributed by atoms with E-state index in [1.165, 1.54) is 12.8 Å². The zero-order valence-electron chi connectivity index (χ0n) is 11.0. The molecular formula is C13H16N4S2. The maximum atomic E-state index is 4.66. The van der Waals surface area contributed by atoms with Crippen LogP contribution < -0.4 is 5.32 Å². The highest BCUT2D eigenvalue weighted by molar-refractivity contribution is 8.01. The first-order valence-electron chi connectivity index (χ1n) is 6.47. The lowest BCUT2D eigenvalue weighted by atomic mass is 10.4. The van der Waals surface area contributed by atoms with Gasteiger partial charge in [0.15, 0.2) is 4.34 Å². The molecule has 0 spiro atoms. The van der Waals surface area contributed by atoms with Crippen molar-refractivity contribution in [3.63, 3.8) is 0 Å². The lowest BCUT2D eigenvalue weighted by molar-refractivity contribution is 0.876. The molecule has 0 amide bonds. The number of anilines is 1. The van der Waals surface area contributed by atoms with E-state index in [0.717, 1.165) is 33.2 Å². The number of hydrogen-bond donors (Lipinski definition) is 1. The number of thiazole rings is 1. The number of hydrogen-bond acceptors (Lipinski definition) is 6. The maximum absolute atomic E-state index is 4.66. The average molecular weight is 292 g/mol. The van der Waals surface area contributed by atoms with Gasteiger partial charge in [-0.2, -0.15) is 0 Å². The van der Waals surface area contributed by atoms with Gasteiger partial charge < -0.3 is 5.32 Å². The van der Waals surface area contributed by atoms with Crippen LogP contribution in [-0.2, 0) is 0 Å². The van der Waals surface area contributed by atoms with Crippen LogP contribution in [0.5, 0.6) is 0 Å². The van der Waals surface area contributed by atoms with E-state index in [1.807, 2.05) is 13.0 Å². The molecule has 1 saturated carbocycles. The molecule has 4 nitrogen and oxygen atoms in total. The van der Waals surface area contributed by atoms with Crippen LogP contribution in [0.4, 0.5) is 5.82 Å². The monoisotopic (exact) mass is 292 g/mol. The molecule has 6 heteroatoms. The summed E-state index contributed by atoms with van der Waals surface area (Å²) < 4.78 is 1.04. The van der Waals surface area contributed by atoms with Gasteiger partial charge in [-0.15, -0.1) is 11.3 Å². The van der Waals surface area contributed by atoms with Crippen LogP contribution in [-0.4, -0.2) is 21.5 Å². The number of nitrogens with one attached hydrogen (secondary N) is 1. The molecule has 0 atom stereocenters. The molecule has 0 saturated heterocycles. The lowest BCUT2D eigenvalue weighted by Crippen LogP contribution is -2.03. The van der Waals surface area contributed by atoms with Crippen LogP contribution in [0.1, 0.15) is 37.2 Å². The van der Waals surface area contributed by atoms with E-state index in [9.17, 15) is 0 Å². The van der Waals surface area contributed by atoms with Crippen LogP contribution in [0.2, 0.25) is 0 Å². The first-order valence-corrected chi connectivity index (χ1v) is 8.17. The van der Waals surface area contributed by atoms with Gasteiger partial charge in [0.05, 0.1) is 0 Å². The number of aryl methyl sites for hydroxylation is 1. The molecule has 0 radical (unpaired) electrons. The summed E-state index contributed by atoms with van der Waals surface area (Å²) in [5.41, 5.74) is 1.07. The van der Waals surface area contributed by atoms with E-state index >= 15 is 0 Å². The highest BCUT2D eigenvalue weighted by Crippen LogP contribution is 2.40. The van der Waals surface area contributed by atoms with Gasteiger partial charge in [0, 0.05) is 29.6 Å². The number of nitrogens with zero attached hydrogens (tertiary/aromatic N) is 3. The van der Waals surface area contributed by atoms with Crippen molar-refractivity contribution in [2.75, 3.05) is 11.9 Å². The number of rotatable bonds is 5. The van der Waals surface area contributed by atoms with Gasteiger partial charge in [-0.05, 0) is 38.5 Å². The van der Waals surface area contributed by atoms with E-state index < -0.39 is 0 Å². The summed E-state index contributed by atoms with van der Waals surface area (Å²) in [4.78, 5) is 13.7. The van der Waals surface area contributed by atoms with Crippen molar-refractivity contribution in [1.29, 1.82) is 0 Å². The van der Waals surface area contributed by atoms with E-state index in [1.54, 1.807) is 23.1 Å². The molecule has 100 valence electrons. The molecule has 1 fully saturated rings. The Morgan fingerprint density at radius 1 is 1.37 bits per heavy atom. The van der Waals surface area contributed by atoms with Gasteiger partial charge in [0.2, 0.25) is 0 Å². The van der Waals surface area contributed by atoms with Crippen molar-refractivity contribution in [3.05, 3.63) is 23.0 Å². The van der Waals surface area contributed by atoms with Crippen LogP contribution in [0, 0.1) is 6.92 Å². The second kappa shape index (κ2) is 5.46. The Morgan fingerprint density at radius 2 is 2.21 bits per heavy atom. The first kappa shape index (κ1) is 12.9. The molecule has 3 rings (SSSR count). The summed E-state index contributed by atoms with van der Waals surface area (Å²) in [5, 5.41) is 6.33. The molecule has 0 aliphatic heterocycles. The quantitative estimate of drug-likeness (QED) is 0.852. The highest BCUT2D eigenvalue weighted by Gasteiger charge is 2.27. The lowest BCUT2D eigenvalue weighted by Gasteiger charge is -2.07. The Kier molecular flexibility index (Phi) is 3.70. The standard InChI is InChI=1S/C13H16N4S2/c1-3-14-10-6-11(17-12(16-10)9-4-5-9)19-13-15-8(2)7-18-13/h6-7,9H,3-5H2,1-2H3,(H,14,16,17). The molecule has 19 heavy (non-hydrogen) atoms. The third-order valence-electron chi connectivity index (χ3n) is 2.81. The van der Waals surface area contributed by atoms with E-state index in [4.69, 9.17) is 0 Å². The van der Waals surface area contributed by atoms with Crippen molar-refractivity contribution in [2.24, 2.45) is 0 Å². The summed E-state index contributed by atoms with van der Waals surface area (Å²) in [6.07, 6.45) is 2.44. The number of aromatic nitrogens is 3. The summed E-state index contributed by atoms with van der Waals surface area (Å²) in [7, 11) is 0. The van der Waals surface area contributed by atoms with Crippen LogP contribution >= 0.6 is 23.1 Å². The Labute approximate surface area is 121 Å². The van der Waals surface area contributed by atoms with Gasteiger partial charge in [0.1, 0.15) is 16.7 Å². The van der Waals surface area contributed by atoms with Crippen LogP contribution in [0.3, 0.4) is 0 Å². The fraction of sp³-hybridized carbons (Fsp3) is 0.462. The second-order valence-electron chi connectivity index (χ2n) is 4.61. The average Bonchev–Trinajstić information content (AvgIpc) is 3.14. The third-order valence-corrected chi connectivity index (χ3v) is 4.78. The molecule has 0 unspecified atom stereocenters. The largest absolute Gasteiger partial charge is 0.370 e. The van der Waals surface area contributed by atoms with Gasteiger partial charge in [-0.3, -0.25) is 0 Å². The Bertz CT molecular complexity index is 578. The fourth-order valence-electron chi connectivity index (χ4n) is 1.76. The summed E-state index contributed by atoms with van der Waals surface area (Å²) >= 11 is 3.29. The third kappa shape index (κ3) is 3.25. The topological polar surface area (TPSA) is 50.7 Å². The smallest absolute Gasteiger partial charge is 0.156 e. The van der Waals surface area contributed by atoms with Crippen LogP contribution in [0.15, 0.2) is 20.8 Å². The summed E-state index contributed by atoms with van der Waals surface area (Å²) in [5.74, 6) is 2.47. The SMILES string of the molecule is CCNc1cc(Sc2nc(C)cs2)nc(C2CC2)n1. The Morgan fingerprint density at radius 3 is 2.84 bits per heavy atom. The maximum Gasteiger partial charge on any atom is 0.156 e. The fourth-order valence-corrected chi connectivity index (χ4v) is 3.55. The molecular weight excluding hydrogens is 276 g/mol. The van der Waals surface area contributed by atoms with Crippen molar-refractivity contribution < 1.29 is 0 Å². The van der Waals surface area contributed by atoms with Crippen molar-refractivity contribution in [3.8, 4) is 0 Å². The highest BCUT2D eigenvalue weighted by atomic mass is 32.2. The molecule has 1 N–H and O–H groups in total. The Hall–Kier alpha value is -1.14. The summed E-state index contributed by atoms with van der Waals surface area (Å²) in [6.45, 7) is 4.97. The molecule has 0 bridgehead atoms.